The lowest BCUT2D eigenvalue weighted by molar-refractivity contribution is -0.121. The van der Waals surface area contributed by atoms with Crippen LogP contribution in [0.15, 0.2) is 48.5 Å². The number of terminal acetylenes is 1. The summed E-state index contributed by atoms with van der Waals surface area (Å²) in [6.07, 6.45) is 5.97. The van der Waals surface area contributed by atoms with Crippen LogP contribution < -0.4 is 10.1 Å². The van der Waals surface area contributed by atoms with Gasteiger partial charge in [0.15, 0.2) is 0 Å². The van der Waals surface area contributed by atoms with Crippen LogP contribution in [0, 0.1) is 12.3 Å². The van der Waals surface area contributed by atoms with Crippen molar-refractivity contribution >= 4 is 23.4 Å². The summed E-state index contributed by atoms with van der Waals surface area (Å²) >= 11 is 5.93. The molecule has 2 aromatic carbocycles. The van der Waals surface area contributed by atoms with Crippen molar-refractivity contribution in [1.82, 2.24) is 15.1 Å². The Morgan fingerprint density at radius 2 is 1.84 bits per heavy atom. The van der Waals surface area contributed by atoms with Gasteiger partial charge in [0.2, 0.25) is 5.91 Å². The molecule has 1 fully saturated rings. The first-order valence-electron chi connectivity index (χ1n) is 10.2. The highest BCUT2D eigenvalue weighted by Gasteiger charge is 2.23. The van der Waals surface area contributed by atoms with Crippen molar-refractivity contribution in [3.8, 4) is 18.1 Å². The van der Waals surface area contributed by atoms with E-state index in [0.717, 1.165) is 18.5 Å². The van der Waals surface area contributed by atoms with E-state index >= 15 is 0 Å². The van der Waals surface area contributed by atoms with E-state index in [1.54, 1.807) is 6.07 Å². The molecule has 0 unspecified atom stereocenters. The van der Waals surface area contributed by atoms with Crippen molar-refractivity contribution < 1.29 is 14.3 Å². The molecule has 2 aromatic rings. The van der Waals surface area contributed by atoms with Crippen LogP contribution in [0.1, 0.15) is 22.3 Å². The minimum absolute atomic E-state index is 0.0645. The predicted molar refractivity (Wildman–Crippen MR) is 121 cm³/mol. The van der Waals surface area contributed by atoms with Gasteiger partial charge in [-0.1, -0.05) is 41.8 Å². The number of halogens is 1. The van der Waals surface area contributed by atoms with Crippen LogP contribution in [0.5, 0.6) is 5.75 Å². The summed E-state index contributed by atoms with van der Waals surface area (Å²) in [5.74, 6) is 2.79. The smallest absolute Gasteiger partial charge is 0.257 e. The molecule has 1 heterocycles. The van der Waals surface area contributed by atoms with Gasteiger partial charge < -0.3 is 15.0 Å². The highest BCUT2D eigenvalue weighted by atomic mass is 35.5. The Balaban J connectivity index is 1.60. The number of ether oxygens (including phenoxy) is 1. The van der Waals surface area contributed by atoms with Crippen molar-refractivity contribution in [2.45, 2.75) is 13.0 Å². The lowest BCUT2D eigenvalue weighted by atomic mass is 10.1. The van der Waals surface area contributed by atoms with Gasteiger partial charge in [-0.25, -0.2) is 0 Å². The van der Waals surface area contributed by atoms with Crippen LogP contribution in [-0.2, 0) is 11.4 Å². The van der Waals surface area contributed by atoms with Crippen LogP contribution >= 0.6 is 11.6 Å². The minimum atomic E-state index is -0.0985. The lowest BCUT2D eigenvalue weighted by Gasteiger charge is -2.22. The van der Waals surface area contributed by atoms with Crippen LogP contribution in [0.4, 0.5) is 0 Å². The van der Waals surface area contributed by atoms with Gasteiger partial charge in [-0.05, 0) is 36.2 Å². The van der Waals surface area contributed by atoms with E-state index in [0.29, 0.717) is 42.6 Å². The summed E-state index contributed by atoms with van der Waals surface area (Å²) in [5, 5.41) is 3.35. The summed E-state index contributed by atoms with van der Waals surface area (Å²) < 4.78 is 5.95. The van der Waals surface area contributed by atoms with Crippen LogP contribution in [-0.4, -0.2) is 60.9 Å². The Labute approximate surface area is 188 Å². The van der Waals surface area contributed by atoms with E-state index in [4.69, 9.17) is 22.8 Å². The summed E-state index contributed by atoms with van der Waals surface area (Å²) in [5.41, 5.74) is 1.51. The third-order valence-electron chi connectivity index (χ3n) is 5.06. The fourth-order valence-electron chi connectivity index (χ4n) is 3.42. The average molecular weight is 440 g/mol. The number of hydrogen-bond donors (Lipinski definition) is 1. The number of hydrogen-bond acceptors (Lipinski definition) is 4. The van der Waals surface area contributed by atoms with Crippen LogP contribution in [0.25, 0.3) is 0 Å². The van der Waals surface area contributed by atoms with E-state index < -0.39 is 0 Å². The van der Waals surface area contributed by atoms with Gasteiger partial charge in [-0.3, -0.25) is 14.5 Å². The first-order chi connectivity index (χ1) is 15.1. The average Bonchev–Trinajstić information content (AvgIpc) is 3.02. The zero-order chi connectivity index (χ0) is 22.1. The Morgan fingerprint density at radius 1 is 1.06 bits per heavy atom. The van der Waals surface area contributed by atoms with Gasteiger partial charge in [0, 0.05) is 31.2 Å². The second-order valence-corrected chi connectivity index (χ2v) is 7.75. The van der Waals surface area contributed by atoms with Crippen molar-refractivity contribution in [3.63, 3.8) is 0 Å². The maximum atomic E-state index is 13.2. The molecule has 3 rings (SSSR count). The number of rotatable bonds is 7. The van der Waals surface area contributed by atoms with Crippen molar-refractivity contribution in [2.24, 2.45) is 0 Å². The first kappa shape index (κ1) is 22.7. The minimum Gasteiger partial charge on any atom is -0.488 e. The molecular weight excluding hydrogens is 414 g/mol. The van der Waals surface area contributed by atoms with Gasteiger partial charge in [0.05, 0.1) is 18.7 Å². The molecule has 0 aromatic heterocycles. The fraction of sp³-hybridized carbons (Fsp3) is 0.333. The highest BCUT2D eigenvalue weighted by Crippen LogP contribution is 2.22. The van der Waals surface area contributed by atoms with Gasteiger partial charge in [-0.2, -0.15) is 0 Å². The molecule has 7 heteroatoms. The SMILES string of the molecule is C#CCNC(=O)CN1CCCN(C(=O)c2ccccc2OCc2ccc(Cl)cc2)CC1. The topological polar surface area (TPSA) is 61.9 Å². The molecule has 0 bridgehead atoms. The van der Waals surface area contributed by atoms with Gasteiger partial charge in [0.1, 0.15) is 12.4 Å². The fourth-order valence-corrected chi connectivity index (χ4v) is 3.55. The Kier molecular flexibility index (Phi) is 8.34. The second-order valence-electron chi connectivity index (χ2n) is 7.31. The number of nitrogens with one attached hydrogen (secondary N) is 1. The third kappa shape index (κ3) is 6.74. The predicted octanol–water partition coefficient (Wildman–Crippen LogP) is 2.82. The molecule has 31 heavy (non-hydrogen) atoms. The molecule has 6 nitrogen and oxygen atoms in total. The maximum Gasteiger partial charge on any atom is 0.257 e. The maximum absolute atomic E-state index is 13.2. The molecule has 162 valence electrons. The number of nitrogens with zero attached hydrogens (tertiary/aromatic N) is 2. The molecule has 1 saturated heterocycles. The van der Waals surface area contributed by atoms with Crippen LogP contribution in [0.3, 0.4) is 0 Å². The molecule has 0 atom stereocenters. The quantitative estimate of drug-likeness (QED) is 0.674. The Hall–Kier alpha value is -3.01. The summed E-state index contributed by atoms with van der Waals surface area (Å²) in [6.45, 7) is 3.42. The first-order valence-corrected chi connectivity index (χ1v) is 10.6. The summed E-state index contributed by atoms with van der Waals surface area (Å²) in [7, 11) is 0. The Morgan fingerprint density at radius 3 is 2.61 bits per heavy atom. The molecule has 0 aliphatic carbocycles. The molecular formula is C24H26ClN3O3. The second kappa shape index (κ2) is 11.4. The molecule has 2 amide bonds. The van der Waals surface area contributed by atoms with E-state index in [2.05, 4.69) is 11.2 Å². The van der Waals surface area contributed by atoms with Crippen molar-refractivity contribution in [1.29, 1.82) is 0 Å². The van der Waals surface area contributed by atoms with E-state index in [-0.39, 0.29) is 24.9 Å². The van der Waals surface area contributed by atoms with E-state index in [1.807, 2.05) is 52.3 Å². The van der Waals surface area contributed by atoms with E-state index in [9.17, 15) is 9.59 Å². The zero-order valence-electron chi connectivity index (χ0n) is 17.4. The molecule has 0 spiro atoms. The monoisotopic (exact) mass is 439 g/mol. The molecule has 1 aliphatic rings. The highest BCUT2D eigenvalue weighted by molar-refractivity contribution is 6.30. The summed E-state index contributed by atoms with van der Waals surface area (Å²) in [6, 6.07) is 14.7. The largest absolute Gasteiger partial charge is 0.488 e. The lowest BCUT2D eigenvalue weighted by Crippen LogP contribution is -2.40. The number of carbonyl (C=O) groups is 2. The zero-order valence-corrected chi connectivity index (χ0v) is 18.1. The van der Waals surface area contributed by atoms with Crippen molar-refractivity contribution in [2.75, 3.05) is 39.3 Å². The summed E-state index contributed by atoms with van der Waals surface area (Å²) in [4.78, 5) is 29.0. The molecule has 0 saturated carbocycles. The number of carbonyl (C=O) groups excluding carboxylic acids is 2. The van der Waals surface area contributed by atoms with Gasteiger partial charge in [-0.15, -0.1) is 6.42 Å². The van der Waals surface area contributed by atoms with Crippen LogP contribution in [0.2, 0.25) is 5.02 Å². The molecule has 1 N–H and O–H groups in total. The third-order valence-corrected chi connectivity index (χ3v) is 5.31. The number of amides is 2. The van der Waals surface area contributed by atoms with Crippen molar-refractivity contribution in [3.05, 3.63) is 64.7 Å². The van der Waals surface area contributed by atoms with E-state index in [1.165, 1.54) is 0 Å². The standard InChI is InChI=1S/C24H26ClN3O3/c1-2-12-26-23(29)17-27-13-5-14-28(16-15-27)24(30)21-6-3-4-7-22(21)31-18-19-8-10-20(25)11-9-19/h1,3-4,6-11H,5,12-18H2,(H,26,29). The number of para-hydroxylation sites is 1. The van der Waals surface area contributed by atoms with Gasteiger partial charge >= 0.3 is 0 Å². The molecule has 1 aliphatic heterocycles. The number of benzene rings is 2. The van der Waals surface area contributed by atoms with Gasteiger partial charge in [0.25, 0.3) is 5.91 Å². The normalized spacial score (nSPS) is 14.4. The molecule has 0 radical (unpaired) electrons. The Bertz CT molecular complexity index is 940.